The Balaban J connectivity index is 0.00000140. The van der Waals surface area contributed by atoms with Crippen LogP contribution in [0.15, 0.2) is 18.2 Å². The van der Waals surface area contributed by atoms with Crippen LogP contribution in [0.1, 0.15) is 37.9 Å². The van der Waals surface area contributed by atoms with Crippen molar-refractivity contribution in [1.82, 2.24) is 14.9 Å². The van der Waals surface area contributed by atoms with Crippen LogP contribution in [-0.4, -0.2) is 42.3 Å². The summed E-state index contributed by atoms with van der Waals surface area (Å²) >= 11 is 0. The van der Waals surface area contributed by atoms with E-state index >= 15 is 0 Å². The zero-order valence-electron chi connectivity index (χ0n) is 16.3. The molecule has 2 aromatic rings. The van der Waals surface area contributed by atoms with Gasteiger partial charge in [0.25, 0.3) is 0 Å². The number of piperidine rings is 1. The van der Waals surface area contributed by atoms with Gasteiger partial charge in [0.1, 0.15) is 5.82 Å². The molecule has 2 aliphatic heterocycles. The average molecular weight is 429 g/mol. The van der Waals surface area contributed by atoms with Gasteiger partial charge in [-0.1, -0.05) is 6.42 Å². The predicted molar refractivity (Wildman–Crippen MR) is 117 cm³/mol. The number of hydrogen-bond acceptors (Lipinski definition) is 4. The molecule has 28 heavy (non-hydrogen) atoms. The predicted octanol–water partition coefficient (Wildman–Crippen LogP) is 3.56. The molecule has 4 rings (SSSR count). The molecule has 1 aromatic carbocycles. The third-order valence-corrected chi connectivity index (χ3v) is 5.83. The van der Waals surface area contributed by atoms with E-state index in [1.165, 1.54) is 30.6 Å². The van der Waals surface area contributed by atoms with Crippen molar-refractivity contribution in [1.29, 1.82) is 0 Å². The second-order valence-electron chi connectivity index (χ2n) is 7.61. The van der Waals surface area contributed by atoms with Crippen molar-refractivity contribution in [2.75, 3.05) is 32.1 Å². The Morgan fingerprint density at radius 2 is 2.04 bits per heavy atom. The fourth-order valence-corrected chi connectivity index (χ4v) is 4.31. The highest BCUT2D eigenvalue weighted by Gasteiger charge is 2.39. The summed E-state index contributed by atoms with van der Waals surface area (Å²) in [5.74, 6) is 1.23. The average Bonchev–Trinajstić information content (AvgIpc) is 2.83. The second-order valence-corrected chi connectivity index (χ2v) is 7.61. The van der Waals surface area contributed by atoms with E-state index in [0.717, 1.165) is 50.1 Å². The first-order valence-electron chi connectivity index (χ1n) is 9.72. The lowest BCUT2D eigenvalue weighted by atomic mass is 9.78. The van der Waals surface area contributed by atoms with Crippen molar-refractivity contribution in [3.8, 4) is 0 Å². The Morgan fingerprint density at radius 1 is 1.25 bits per heavy atom. The molecule has 1 aromatic heterocycles. The van der Waals surface area contributed by atoms with Gasteiger partial charge in [0.05, 0.1) is 23.1 Å². The molecule has 1 saturated heterocycles. The van der Waals surface area contributed by atoms with E-state index in [4.69, 9.17) is 9.72 Å². The molecule has 2 aliphatic rings. The number of imidazole rings is 1. The van der Waals surface area contributed by atoms with Gasteiger partial charge in [-0.05, 0) is 57.0 Å². The molecule has 1 fully saturated rings. The number of halogens is 2. The monoisotopic (exact) mass is 428 g/mol. The van der Waals surface area contributed by atoms with Crippen LogP contribution < -0.4 is 10.6 Å². The van der Waals surface area contributed by atoms with Crippen molar-refractivity contribution in [3.05, 3.63) is 24.0 Å². The highest BCUT2D eigenvalue weighted by atomic mass is 35.5. The number of ether oxygens (including phenoxy) is 1. The third kappa shape index (κ3) is 4.46. The van der Waals surface area contributed by atoms with Crippen molar-refractivity contribution in [2.45, 2.75) is 45.1 Å². The first-order chi connectivity index (χ1) is 12.7. The number of fused-ring (bicyclic) bond motifs is 3. The number of rotatable bonds is 4. The number of carbonyl (C=O) groups excluding carboxylic acids is 1. The van der Waals surface area contributed by atoms with Gasteiger partial charge in [0.2, 0.25) is 5.91 Å². The van der Waals surface area contributed by atoms with E-state index in [1.807, 2.05) is 12.1 Å². The lowest BCUT2D eigenvalue weighted by Crippen LogP contribution is -2.47. The lowest BCUT2D eigenvalue weighted by molar-refractivity contribution is -0.130. The van der Waals surface area contributed by atoms with E-state index in [9.17, 15) is 4.79 Å². The third-order valence-electron chi connectivity index (χ3n) is 5.83. The molecule has 2 N–H and O–H groups in total. The van der Waals surface area contributed by atoms with Gasteiger partial charge in [-0.25, -0.2) is 4.98 Å². The minimum absolute atomic E-state index is 0. The van der Waals surface area contributed by atoms with Crippen LogP contribution in [0.2, 0.25) is 0 Å². The lowest BCUT2D eigenvalue weighted by Gasteiger charge is -2.35. The van der Waals surface area contributed by atoms with E-state index in [-0.39, 0.29) is 30.7 Å². The molecule has 1 amide bonds. The van der Waals surface area contributed by atoms with Crippen molar-refractivity contribution < 1.29 is 9.53 Å². The number of amides is 1. The van der Waals surface area contributed by atoms with Gasteiger partial charge < -0.3 is 19.9 Å². The smallest absolute Gasteiger partial charge is 0.233 e. The molecule has 0 spiro atoms. The zero-order chi connectivity index (χ0) is 18.0. The topological polar surface area (TPSA) is 68.2 Å². The first-order valence-corrected chi connectivity index (χ1v) is 9.72. The standard InChI is InChI=1S/C20H28N4O2.2ClH/c1-26-14-20(8-10-21-11-9-20)19(25)22-15-6-7-17-16(13-15)23-18-5-3-2-4-12-24(17)18;;/h6-7,13,21H,2-5,8-12,14H2,1H3,(H,22,25);2*1H. The summed E-state index contributed by atoms with van der Waals surface area (Å²) in [5.41, 5.74) is 2.53. The molecular formula is C20H30Cl2N4O2. The summed E-state index contributed by atoms with van der Waals surface area (Å²) in [4.78, 5) is 17.8. The van der Waals surface area contributed by atoms with E-state index in [2.05, 4.69) is 21.3 Å². The van der Waals surface area contributed by atoms with E-state index in [0.29, 0.717) is 6.61 Å². The van der Waals surface area contributed by atoms with Crippen LogP contribution in [0.3, 0.4) is 0 Å². The fourth-order valence-electron chi connectivity index (χ4n) is 4.31. The van der Waals surface area contributed by atoms with Crippen LogP contribution in [0.4, 0.5) is 5.69 Å². The van der Waals surface area contributed by atoms with Crippen LogP contribution in [0, 0.1) is 5.41 Å². The Labute approximate surface area is 178 Å². The van der Waals surface area contributed by atoms with Gasteiger partial charge in [-0.2, -0.15) is 0 Å². The Hall–Kier alpha value is -1.34. The first kappa shape index (κ1) is 22.9. The summed E-state index contributed by atoms with van der Waals surface area (Å²) in [5, 5.41) is 6.45. The number of hydrogen-bond donors (Lipinski definition) is 2. The number of nitrogens with zero attached hydrogens (tertiary/aromatic N) is 2. The van der Waals surface area contributed by atoms with Crippen LogP contribution >= 0.6 is 24.8 Å². The van der Waals surface area contributed by atoms with E-state index in [1.54, 1.807) is 7.11 Å². The SMILES string of the molecule is COCC1(C(=O)Nc2ccc3c(c2)nc2n3CCCCC2)CCNCC1.Cl.Cl. The normalized spacial score (nSPS) is 18.3. The quantitative estimate of drug-likeness (QED) is 0.780. The number of carbonyl (C=O) groups is 1. The summed E-state index contributed by atoms with van der Waals surface area (Å²) in [7, 11) is 1.67. The number of methoxy groups -OCH3 is 1. The second kappa shape index (κ2) is 9.92. The highest BCUT2D eigenvalue weighted by molar-refractivity contribution is 5.97. The molecule has 0 unspecified atom stereocenters. The van der Waals surface area contributed by atoms with Crippen LogP contribution in [0.5, 0.6) is 0 Å². The molecule has 0 atom stereocenters. The minimum atomic E-state index is -0.444. The van der Waals surface area contributed by atoms with Crippen LogP contribution in [0.25, 0.3) is 11.0 Å². The maximum absolute atomic E-state index is 13.0. The number of anilines is 1. The van der Waals surface area contributed by atoms with Gasteiger partial charge in [0, 0.05) is 25.8 Å². The Morgan fingerprint density at radius 3 is 2.79 bits per heavy atom. The van der Waals surface area contributed by atoms with Crippen LogP contribution in [-0.2, 0) is 22.5 Å². The van der Waals surface area contributed by atoms with E-state index < -0.39 is 5.41 Å². The molecule has 6 nitrogen and oxygen atoms in total. The molecule has 0 radical (unpaired) electrons. The molecule has 3 heterocycles. The molecule has 0 bridgehead atoms. The van der Waals surface area contributed by atoms with Crippen molar-refractivity contribution >= 4 is 47.4 Å². The largest absolute Gasteiger partial charge is 0.384 e. The highest BCUT2D eigenvalue weighted by Crippen LogP contribution is 2.31. The molecule has 156 valence electrons. The number of benzene rings is 1. The molecule has 0 saturated carbocycles. The summed E-state index contributed by atoms with van der Waals surface area (Å²) in [6, 6.07) is 6.11. The van der Waals surface area contributed by atoms with Crippen molar-refractivity contribution in [3.63, 3.8) is 0 Å². The van der Waals surface area contributed by atoms with Gasteiger partial charge >= 0.3 is 0 Å². The molecular weight excluding hydrogens is 399 g/mol. The number of nitrogens with one attached hydrogen (secondary N) is 2. The Kier molecular flexibility index (Phi) is 8.13. The maximum Gasteiger partial charge on any atom is 0.233 e. The van der Waals surface area contributed by atoms with Crippen molar-refractivity contribution in [2.24, 2.45) is 5.41 Å². The number of aryl methyl sites for hydroxylation is 2. The van der Waals surface area contributed by atoms with Gasteiger partial charge in [0.15, 0.2) is 0 Å². The van der Waals surface area contributed by atoms with Gasteiger partial charge in [-0.3, -0.25) is 4.79 Å². The molecule has 0 aliphatic carbocycles. The summed E-state index contributed by atoms with van der Waals surface area (Å²) in [6.45, 7) is 3.20. The Bertz CT molecular complexity index is 797. The van der Waals surface area contributed by atoms with Gasteiger partial charge in [-0.15, -0.1) is 24.8 Å². The zero-order valence-corrected chi connectivity index (χ0v) is 18.0. The molecule has 8 heteroatoms. The fraction of sp³-hybridized carbons (Fsp3) is 0.600. The summed E-state index contributed by atoms with van der Waals surface area (Å²) < 4.78 is 7.72. The summed E-state index contributed by atoms with van der Waals surface area (Å²) in [6.07, 6.45) is 6.34. The maximum atomic E-state index is 13.0. The number of aromatic nitrogens is 2. The minimum Gasteiger partial charge on any atom is -0.384 e.